The molecule has 5 N–H and O–H groups in total. The van der Waals surface area contributed by atoms with E-state index in [1.807, 2.05) is 30.3 Å². The van der Waals surface area contributed by atoms with Crippen molar-refractivity contribution in [2.24, 2.45) is 0 Å². The molecular formula is C18H19N5O3S. The third kappa shape index (κ3) is 4.72. The summed E-state index contributed by atoms with van der Waals surface area (Å²) in [5, 5.41) is 33.6. The average molecular weight is 385 g/mol. The molecule has 0 bridgehead atoms. The molecule has 0 aliphatic carbocycles. The molecule has 0 amide bonds. The van der Waals surface area contributed by atoms with Gasteiger partial charge >= 0.3 is 0 Å². The summed E-state index contributed by atoms with van der Waals surface area (Å²) in [6, 6.07) is 12.5. The SMILES string of the molecule is CC(CO)NC(=N)c1c(O)nsc1Nc1ccc(Oc2ccccc2)nc1. The largest absolute Gasteiger partial charge is 0.492 e. The second-order valence-corrected chi connectivity index (χ2v) is 6.51. The van der Waals surface area contributed by atoms with Gasteiger partial charge in [0, 0.05) is 12.1 Å². The zero-order valence-electron chi connectivity index (χ0n) is 14.5. The number of hydrogen-bond acceptors (Lipinski definition) is 8. The van der Waals surface area contributed by atoms with Crippen LogP contribution in [-0.4, -0.2) is 38.1 Å². The van der Waals surface area contributed by atoms with Gasteiger partial charge in [0.1, 0.15) is 22.1 Å². The number of benzene rings is 1. The summed E-state index contributed by atoms with van der Waals surface area (Å²) in [6.07, 6.45) is 1.59. The number of aromatic nitrogens is 2. The Morgan fingerprint density at radius 1 is 1.26 bits per heavy atom. The molecule has 0 fully saturated rings. The Balaban J connectivity index is 1.71. The smallest absolute Gasteiger partial charge is 0.236 e. The molecule has 0 aliphatic rings. The highest BCUT2D eigenvalue weighted by Crippen LogP contribution is 2.32. The maximum atomic E-state index is 9.95. The Morgan fingerprint density at radius 3 is 2.70 bits per heavy atom. The van der Waals surface area contributed by atoms with Crippen LogP contribution >= 0.6 is 11.5 Å². The molecule has 1 atom stereocenters. The quantitative estimate of drug-likeness (QED) is 0.313. The highest BCUT2D eigenvalue weighted by atomic mass is 32.1. The van der Waals surface area contributed by atoms with Gasteiger partial charge in [-0.25, -0.2) is 4.98 Å². The van der Waals surface area contributed by atoms with Crippen molar-refractivity contribution in [2.45, 2.75) is 13.0 Å². The number of aliphatic hydroxyl groups excluding tert-OH is 1. The molecule has 0 radical (unpaired) electrons. The van der Waals surface area contributed by atoms with Crippen LogP contribution in [0.5, 0.6) is 17.5 Å². The Morgan fingerprint density at radius 2 is 2.04 bits per heavy atom. The van der Waals surface area contributed by atoms with E-state index in [1.165, 1.54) is 0 Å². The van der Waals surface area contributed by atoms with Crippen LogP contribution in [0.15, 0.2) is 48.7 Å². The normalized spacial score (nSPS) is 11.6. The van der Waals surface area contributed by atoms with Gasteiger partial charge in [-0.3, -0.25) is 5.41 Å². The molecule has 9 heteroatoms. The fourth-order valence-electron chi connectivity index (χ4n) is 2.21. The van der Waals surface area contributed by atoms with Crippen LogP contribution in [0.4, 0.5) is 10.7 Å². The number of hydrogen-bond donors (Lipinski definition) is 5. The zero-order valence-corrected chi connectivity index (χ0v) is 15.3. The average Bonchev–Trinajstić information content (AvgIpc) is 3.04. The van der Waals surface area contributed by atoms with Gasteiger partial charge in [-0.2, -0.15) is 4.37 Å². The number of pyridine rings is 1. The minimum atomic E-state index is -0.319. The van der Waals surface area contributed by atoms with Crippen LogP contribution in [0.25, 0.3) is 0 Å². The predicted octanol–water partition coefficient (Wildman–Crippen LogP) is 3.08. The fraction of sp³-hybridized carbons (Fsp3) is 0.167. The molecular weight excluding hydrogens is 366 g/mol. The minimum Gasteiger partial charge on any atom is -0.492 e. The Kier molecular flexibility index (Phi) is 5.84. The van der Waals surface area contributed by atoms with E-state index in [1.54, 1.807) is 25.3 Å². The lowest BCUT2D eigenvalue weighted by molar-refractivity contribution is 0.264. The van der Waals surface area contributed by atoms with E-state index in [-0.39, 0.29) is 29.9 Å². The number of amidine groups is 1. The molecule has 0 saturated heterocycles. The van der Waals surface area contributed by atoms with Gasteiger partial charge in [0.25, 0.3) is 0 Å². The third-order valence-electron chi connectivity index (χ3n) is 3.55. The van der Waals surface area contributed by atoms with Gasteiger partial charge in [0.05, 0.1) is 18.5 Å². The number of nitrogens with zero attached hydrogens (tertiary/aromatic N) is 2. The van der Waals surface area contributed by atoms with Crippen molar-refractivity contribution >= 4 is 28.1 Å². The zero-order chi connectivity index (χ0) is 19.2. The van der Waals surface area contributed by atoms with E-state index in [0.717, 1.165) is 11.5 Å². The maximum Gasteiger partial charge on any atom is 0.236 e. The number of ether oxygens (including phenoxy) is 1. The van der Waals surface area contributed by atoms with Crippen LogP contribution in [0, 0.1) is 5.41 Å². The number of aromatic hydroxyl groups is 1. The summed E-state index contributed by atoms with van der Waals surface area (Å²) >= 11 is 1.03. The standard InChI is InChI=1S/C18H19N5O3S/c1-11(10-24)21-16(19)15-17(25)23-27-18(15)22-12-7-8-14(20-9-12)26-13-5-3-2-4-6-13/h2-9,11,22,24H,10H2,1H3,(H2,19,21)(H,23,25). The van der Waals surface area contributed by atoms with E-state index < -0.39 is 0 Å². The molecule has 2 heterocycles. The van der Waals surface area contributed by atoms with Gasteiger partial charge in [0.15, 0.2) is 0 Å². The number of aliphatic hydroxyl groups is 1. The summed E-state index contributed by atoms with van der Waals surface area (Å²) in [5.41, 5.74) is 0.897. The lowest BCUT2D eigenvalue weighted by Gasteiger charge is -2.14. The van der Waals surface area contributed by atoms with Crippen molar-refractivity contribution in [1.29, 1.82) is 5.41 Å². The van der Waals surface area contributed by atoms with Crippen molar-refractivity contribution in [2.75, 3.05) is 11.9 Å². The monoisotopic (exact) mass is 385 g/mol. The van der Waals surface area contributed by atoms with Crippen LogP contribution in [0.3, 0.4) is 0 Å². The first-order valence-electron chi connectivity index (χ1n) is 8.17. The first-order chi connectivity index (χ1) is 13.1. The molecule has 0 saturated carbocycles. The van der Waals surface area contributed by atoms with Crippen molar-refractivity contribution in [3.8, 4) is 17.5 Å². The number of rotatable bonds is 7. The molecule has 0 spiro atoms. The molecule has 2 aromatic heterocycles. The van der Waals surface area contributed by atoms with Crippen LogP contribution in [0.1, 0.15) is 12.5 Å². The number of para-hydroxylation sites is 1. The van der Waals surface area contributed by atoms with Gasteiger partial charge in [-0.05, 0) is 36.7 Å². The molecule has 140 valence electrons. The Hall–Kier alpha value is -3.17. The summed E-state index contributed by atoms with van der Waals surface area (Å²) in [4.78, 5) is 4.25. The lowest BCUT2D eigenvalue weighted by Crippen LogP contribution is -2.35. The summed E-state index contributed by atoms with van der Waals surface area (Å²) in [6.45, 7) is 1.60. The molecule has 1 unspecified atom stereocenters. The number of nitrogens with one attached hydrogen (secondary N) is 3. The summed E-state index contributed by atoms with van der Waals surface area (Å²) in [5.74, 6) is 0.868. The predicted molar refractivity (Wildman–Crippen MR) is 104 cm³/mol. The fourth-order valence-corrected chi connectivity index (χ4v) is 2.93. The molecule has 27 heavy (non-hydrogen) atoms. The first-order valence-corrected chi connectivity index (χ1v) is 8.95. The highest BCUT2D eigenvalue weighted by molar-refractivity contribution is 7.11. The van der Waals surface area contributed by atoms with Crippen LogP contribution in [-0.2, 0) is 0 Å². The minimum absolute atomic E-state index is 0.0257. The van der Waals surface area contributed by atoms with Crippen LogP contribution < -0.4 is 15.4 Å². The van der Waals surface area contributed by atoms with Crippen molar-refractivity contribution < 1.29 is 14.9 Å². The molecule has 3 aromatic rings. The van der Waals surface area contributed by atoms with Gasteiger partial charge in [-0.1, -0.05) is 18.2 Å². The van der Waals surface area contributed by atoms with E-state index in [0.29, 0.717) is 22.3 Å². The summed E-state index contributed by atoms with van der Waals surface area (Å²) in [7, 11) is 0. The first kappa shape index (κ1) is 18.6. The van der Waals surface area contributed by atoms with E-state index in [9.17, 15) is 5.11 Å². The molecule has 8 nitrogen and oxygen atoms in total. The van der Waals surface area contributed by atoms with Gasteiger partial charge in [0.2, 0.25) is 11.8 Å². The second kappa shape index (κ2) is 8.47. The topological polar surface area (TPSA) is 123 Å². The molecule has 0 aliphatic heterocycles. The maximum absolute atomic E-state index is 9.95. The Labute approximate surface area is 160 Å². The molecule has 3 rings (SSSR count). The van der Waals surface area contributed by atoms with Crippen LogP contribution in [0.2, 0.25) is 0 Å². The van der Waals surface area contributed by atoms with Crippen molar-refractivity contribution in [1.82, 2.24) is 14.7 Å². The van der Waals surface area contributed by atoms with E-state index in [4.69, 9.17) is 15.3 Å². The molecule has 1 aromatic carbocycles. The third-order valence-corrected chi connectivity index (χ3v) is 4.30. The lowest BCUT2D eigenvalue weighted by atomic mass is 10.2. The van der Waals surface area contributed by atoms with Gasteiger partial charge < -0.3 is 25.6 Å². The second-order valence-electron chi connectivity index (χ2n) is 5.74. The van der Waals surface area contributed by atoms with E-state index in [2.05, 4.69) is 20.0 Å². The van der Waals surface area contributed by atoms with Crippen molar-refractivity contribution in [3.63, 3.8) is 0 Å². The number of anilines is 2. The van der Waals surface area contributed by atoms with Crippen molar-refractivity contribution in [3.05, 3.63) is 54.2 Å². The highest BCUT2D eigenvalue weighted by Gasteiger charge is 2.19. The van der Waals surface area contributed by atoms with E-state index >= 15 is 0 Å². The summed E-state index contributed by atoms with van der Waals surface area (Å²) < 4.78 is 9.54. The van der Waals surface area contributed by atoms with Gasteiger partial charge in [-0.15, -0.1) is 0 Å². The Bertz CT molecular complexity index is 899.